The van der Waals surface area contributed by atoms with Crippen molar-refractivity contribution in [2.75, 3.05) is 12.4 Å². The van der Waals surface area contributed by atoms with Crippen molar-refractivity contribution in [3.8, 4) is 0 Å². The number of nitrogens with one attached hydrogen (secondary N) is 1. The van der Waals surface area contributed by atoms with Gasteiger partial charge in [0.05, 0.1) is 5.75 Å². The van der Waals surface area contributed by atoms with Gasteiger partial charge in [0.1, 0.15) is 5.82 Å². The van der Waals surface area contributed by atoms with Crippen molar-refractivity contribution < 1.29 is 14.3 Å². The molecule has 0 spiro atoms. The highest BCUT2D eigenvalue weighted by atomic mass is 32.2. The van der Waals surface area contributed by atoms with Gasteiger partial charge in [-0.3, -0.25) is 4.79 Å². The SMILES string of the molecule is CC(CCO)NC(=O)CSc1ccccc1F. The van der Waals surface area contributed by atoms with E-state index in [2.05, 4.69) is 5.32 Å². The smallest absolute Gasteiger partial charge is 0.230 e. The molecule has 0 aliphatic rings. The van der Waals surface area contributed by atoms with Gasteiger partial charge >= 0.3 is 0 Å². The lowest BCUT2D eigenvalue weighted by Crippen LogP contribution is -2.34. The molecule has 0 aliphatic carbocycles. The minimum Gasteiger partial charge on any atom is -0.396 e. The average Bonchev–Trinajstić information content (AvgIpc) is 2.28. The van der Waals surface area contributed by atoms with Crippen LogP contribution < -0.4 is 5.32 Å². The highest BCUT2D eigenvalue weighted by Gasteiger charge is 2.08. The average molecular weight is 257 g/mol. The summed E-state index contributed by atoms with van der Waals surface area (Å²) in [5.41, 5.74) is 0. The van der Waals surface area contributed by atoms with E-state index in [1.165, 1.54) is 17.8 Å². The zero-order chi connectivity index (χ0) is 12.7. The zero-order valence-electron chi connectivity index (χ0n) is 9.65. The number of rotatable bonds is 6. The number of hydrogen-bond acceptors (Lipinski definition) is 3. The van der Waals surface area contributed by atoms with Crippen LogP contribution in [-0.2, 0) is 4.79 Å². The summed E-state index contributed by atoms with van der Waals surface area (Å²) in [7, 11) is 0. The second-order valence-corrected chi connectivity index (χ2v) is 4.72. The van der Waals surface area contributed by atoms with Gasteiger partial charge in [0.15, 0.2) is 0 Å². The Morgan fingerprint density at radius 2 is 2.24 bits per heavy atom. The van der Waals surface area contributed by atoms with Crippen LogP contribution in [0.1, 0.15) is 13.3 Å². The number of thioether (sulfide) groups is 1. The van der Waals surface area contributed by atoms with Crippen LogP contribution in [0.25, 0.3) is 0 Å². The molecule has 94 valence electrons. The number of aliphatic hydroxyl groups is 1. The van der Waals surface area contributed by atoms with Crippen LogP contribution in [-0.4, -0.2) is 29.4 Å². The standard InChI is InChI=1S/C12H16FNO2S/c1-9(6-7-15)14-12(16)8-17-11-5-3-2-4-10(11)13/h2-5,9,15H,6-8H2,1H3,(H,14,16). The first kappa shape index (κ1) is 14.0. The molecule has 1 aromatic carbocycles. The highest BCUT2D eigenvalue weighted by Crippen LogP contribution is 2.20. The lowest BCUT2D eigenvalue weighted by molar-refractivity contribution is -0.119. The molecule has 0 aromatic heterocycles. The van der Waals surface area contributed by atoms with E-state index in [1.807, 2.05) is 6.92 Å². The van der Waals surface area contributed by atoms with Crippen molar-refractivity contribution in [3.63, 3.8) is 0 Å². The molecule has 0 aliphatic heterocycles. The number of carbonyl (C=O) groups is 1. The number of halogens is 1. The molecule has 1 atom stereocenters. The summed E-state index contributed by atoms with van der Waals surface area (Å²) in [4.78, 5) is 11.9. The van der Waals surface area contributed by atoms with Gasteiger partial charge in [-0.15, -0.1) is 11.8 Å². The number of hydrogen-bond donors (Lipinski definition) is 2. The van der Waals surface area contributed by atoms with Gasteiger partial charge in [0.25, 0.3) is 0 Å². The molecule has 3 nitrogen and oxygen atoms in total. The predicted molar refractivity (Wildman–Crippen MR) is 66.4 cm³/mol. The molecule has 0 radical (unpaired) electrons. The topological polar surface area (TPSA) is 49.3 Å². The van der Waals surface area contributed by atoms with Crippen LogP contribution in [0.15, 0.2) is 29.2 Å². The first-order chi connectivity index (χ1) is 8.13. The van der Waals surface area contributed by atoms with E-state index in [0.717, 1.165) is 0 Å². The molecule has 1 amide bonds. The maximum atomic E-state index is 13.2. The Balaban J connectivity index is 2.36. The minimum absolute atomic E-state index is 0.0436. The Morgan fingerprint density at radius 3 is 2.88 bits per heavy atom. The van der Waals surface area contributed by atoms with Crippen LogP contribution in [0.5, 0.6) is 0 Å². The van der Waals surface area contributed by atoms with Gasteiger partial charge in [0, 0.05) is 17.5 Å². The third-order valence-corrected chi connectivity index (χ3v) is 3.21. The van der Waals surface area contributed by atoms with Gasteiger partial charge in [0.2, 0.25) is 5.91 Å². The Morgan fingerprint density at radius 1 is 1.53 bits per heavy atom. The van der Waals surface area contributed by atoms with Gasteiger partial charge in [-0.2, -0.15) is 0 Å². The summed E-state index contributed by atoms with van der Waals surface area (Å²) in [5, 5.41) is 11.4. The molecule has 5 heteroatoms. The summed E-state index contributed by atoms with van der Waals surface area (Å²) in [5.74, 6) is -0.288. The first-order valence-corrected chi connectivity index (χ1v) is 6.39. The Labute approximate surface area is 104 Å². The van der Waals surface area contributed by atoms with Crippen molar-refractivity contribution in [2.45, 2.75) is 24.3 Å². The van der Waals surface area contributed by atoms with Crippen LogP contribution in [0, 0.1) is 5.82 Å². The predicted octanol–water partition coefficient (Wildman–Crippen LogP) is 1.80. The Kier molecular flexibility index (Phi) is 6.00. The molecule has 1 aromatic rings. The van der Waals surface area contributed by atoms with E-state index in [9.17, 15) is 9.18 Å². The Bertz CT molecular complexity index is 373. The van der Waals surface area contributed by atoms with Gasteiger partial charge < -0.3 is 10.4 Å². The summed E-state index contributed by atoms with van der Waals surface area (Å²) in [6.07, 6.45) is 0.524. The van der Waals surface area contributed by atoms with E-state index >= 15 is 0 Å². The molecule has 2 N–H and O–H groups in total. The molecular weight excluding hydrogens is 241 g/mol. The zero-order valence-corrected chi connectivity index (χ0v) is 10.5. The lowest BCUT2D eigenvalue weighted by Gasteiger charge is -2.12. The number of amides is 1. The van der Waals surface area contributed by atoms with E-state index in [0.29, 0.717) is 11.3 Å². The van der Waals surface area contributed by atoms with Crippen LogP contribution in [0.4, 0.5) is 4.39 Å². The van der Waals surface area contributed by atoms with Gasteiger partial charge in [-0.1, -0.05) is 12.1 Å². The molecular formula is C12H16FNO2S. The fourth-order valence-corrected chi connectivity index (χ4v) is 2.04. The minimum atomic E-state index is -0.311. The first-order valence-electron chi connectivity index (χ1n) is 5.41. The molecule has 0 saturated heterocycles. The van der Waals surface area contributed by atoms with E-state index in [4.69, 9.17) is 5.11 Å². The molecule has 0 heterocycles. The number of carbonyl (C=O) groups excluding carboxylic acids is 1. The van der Waals surface area contributed by atoms with Gasteiger partial charge in [-0.05, 0) is 25.5 Å². The summed E-state index contributed by atoms with van der Waals surface area (Å²) >= 11 is 1.17. The second kappa shape index (κ2) is 7.29. The van der Waals surface area contributed by atoms with E-state index in [1.54, 1.807) is 18.2 Å². The molecule has 0 fully saturated rings. The van der Waals surface area contributed by atoms with Crippen LogP contribution in [0.2, 0.25) is 0 Å². The summed E-state index contributed by atoms with van der Waals surface area (Å²) in [6.45, 7) is 1.86. The van der Waals surface area contributed by atoms with Crippen molar-refractivity contribution in [1.82, 2.24) is 5.32 Å². The Hall–Kier alpha value is -1.07. The highest BCUT2D eigenvalue weighted by molar-refractivity contribution is 8.00. The van der Waals surface area contributed by atoms with Crippen molar-refractivity contribution >= 4 is 17.7 Å². The second-order valence-electron chi connectivity index (χ2n) is 3.70. The largest absolute Gasteiger partial charge is 0.396 e. The number of benzene rings is 1. The fourth-order valence-electron chi connectivity index (χ4n) is 1.29. The van der Waals surface area contributed by atoms with Crippen molar-refractivity contribution in [2.24, 2.45) is 0 Å². The van der Waals surface area contributed by atoms with Crippen LogP contribution in [0.3, 0.4) is 0 Å². The third-order valence-electron chi connectivity index (χ3n) is 2.16. The quantitative estimate of drug-likeness (QED) is 0.764. The van der Waals surface area contributed by atoms with E-state index in [-0.39, 0.29) is 30.1 Å². The van der Waals surface area contributed by atoms with E-state index < -0.39 is 0 Å². The molecule has 0 saturated carbocycles. The molecule has 17 heavy (non-hydrogen) atoms. The maximum absolute atomic E-state index is 13.2. The molecule has 0 bridgehead atoms. The normalized spacial score (nSPS) is 12.2. The van der Waals surface area contributed by atoms with Crippen molar-refractivity contribution in [1.29, 1.82) is 0 Å². The molecule has 1 rings (SSSR count). The molecule has 1 unspecified atom stereocenters. The maximum Gasteiger partial charge on any atom is 0.230 e. The fraction of sp³-hybridized carbons (Fsp3) is 0.417. The third kappa shape index (κ3) is 5.19. The summed E-state index contributed by atoms with van der Waals surface area (Å²) in [6, 6.07) is 6.30. The number of aliphatic hydroxyl groups excluding tert-OH is 1. The monoisotopic (exact) mass is 257 g/mol. The van der Waals surface area contributed by atoms with Crippen LogP contribution >= 0.6 is 11.8 Å². The summed E-state index contributed by atoms with van der Waals surface area (Å²) < 4.78 is 13.2. The van der Waals surface area contributed by atoms with Gasteiger partial charge in [-0.25, -0.2) is 4.39 Å². The lowest BCUT2D eigenvalue weighted by atomic mass is 10.2. The van der Waals surface area contributed by atoms with Crippen molar-refractivity contribution in [3.05, 3.63) is 30.1 Å².